The van der Waals surface area contributed by atoms with Gasteiger partial charge in [0.15, 0.2) is 6.10 Å². The standard InChI is InChI=1S/C33H48N6O6/c1-8-43-30(40)21(3)44-32(42)38-27(31(41)45-33(5,6)7)19-34-28-20(2)29(36-22(4)35-28)39-17-15-24(16-18-39)26-14-13-23-11-9-10-12-25(23)37-26/h13-14,21,24,27H,8-12,15-19H2,1-7H3,(H,38,42)(H,34,35,36)/t21?,27-/m0/s1. The number of carbonyl (C=O) groups is 3. The van der Waals surface area contributed by atoms with Gasteiger partial charge in [0.1, 0.15) is 29.1 Å². The van der Waals surface area contributed by atoms with E-state index in [0.717, 1.165) is 50.2 Å². The van der Waals surface area contributed by atoms with Crippen molar-refractivity contribution < 1.29 is 28.6 Å². The molecule has 3 heterocycles. The number of nitrogens with one attached hydrogen (secondary N) is 2. The van der Waals surface area contributed by atoms with Crippen molar-refractivity contribution in [2.75, 3.05) is 36.5 Å². The Hall–Kier alpha value is -3.96. The van der Waals surface area contributed by atoms with Crippen LogP contribution < -0.4 is 15.5 Å². The average Bonchev–Trinajstić information content (AvgIpc) is 2.99. The van der Waals surface area contributed by atoms with Gasteiger partial charge in [-0.25, -0.2) is 24.4 Å². The van der Waals surface area contributed by atoms with Gasteiger partial charge in [0.2, 0.25) is 0 Å². The van der Waals surface area contributed by atoms with E-state index in [2.05, 4.69) is 32.7 Å². The first-order valence-corrected chi connectivity index (χ1v) is 16.0. The maximum Gasteiger partial charge on any atom is 0.408 e. The van der Waals surface area contributed by atoms with E-state index in [0.29, 0.717) is 17.6 Å². The minimum absolute atomic E-state index is 0.0272. The van der Waals surface area contributed by atoms with Crippen LogP contribution in [0.4, 0.5) is 16.4 Å². The summed E-state index contributed by atoms with van der Waals surface area (Å²) in [6.45, 7) is 13.9. The first-order valence-electron chi connectivity index (χ1n) is 16.0. The summed E-state index contributed by atoms with van der Waals surface area (Å²) in [5.74, 6) is 1.06. The molecule has 4 rings (SSSR count). The molecule has 1 aliphatic heterocycles. The number of hydrogen-bond acceptors (Lipinski definition) is 11. The van der Waals surface area contributed by atoms with Crippen LogP contribution >= 0.6 is 0 Å². The molecule has 0 spiro atoms. The number of piperidine rings is 1. The fraction of sp³-hybridized carbons (Fsp3) is 0.636. The summed E-state index contributed by atoms with van der Waals surface area (Å²) in [5.41, 5.74) is 3.94. The van der Waals surface area contributed by atoms with Crippen molar-refractivity contribution in [3.8, 4) is 0 Å². The molecule has 0 bridgehead atoms. The van der Waals surface area contributed by atoms with E-state index < -0.39 is 35.8 Å². The number of esters is 2. The van der Waals surface area contributed by atoms with E-state index >= 15 is 0 Å². The fourth-order valence-corrected chi connectivity index (χ4v) is 5.72. The SMILES string of the molecule is CCOC(=O)C(C)OC(=O)N[C@@H](CNc1nc(C)nc(N2CCC(c3ccc4c(n3)CCCC4)CC2)c1C)C(=O)OC(C)(C)C. The second-order valence-electron chi connectivity index (χ2n) is 12.8. The van der Waals surface area contributed by atoms with Crippen LogP contribution in [-0.4, -0.2) is 77.0 Å². The van der Waals surface area contributed by atoms with E-state index in [1.165, 1.54) is 36.7 Å². The number of amides is 1. The highest BCUT2D eigenvalue weighted by molar-refractivity contribution is 5.84. The molecule has 2 aromatic rings. The Morgan fingerprint density at radius 1 is 1.02 bits per heavy atom. The summed E-state index contributed by atoms with van der Waals surface area (Å²) in [6.07, 6.45) is 4.56. The van der Waals surface area contributed by atoms with Crippen LogP contribution in [0.25, 0.3) is 0 Å². The molecule has 0 aromatic carbocycles. The Balaban J connectivity index is 1.43. The van der Waals surface area contributed by atoms with Crippen LogP contribution in [0.15, 0.2) is 12.1 Å². The van der Waals surface area contributed by atoms with Crippen molar-refractivity contribution in [3.05, 3.63) is 40.5 Å². The molecular weight excluding hydrogens is 576 g/mol. The Bertz CT molecular complexity index is 1370. The van der Waals surface area contributed by atoms with Crippen LogP contribution in [-0.2, 0) is 36.6 Å². The number of carbonyl (C=O) groups excluding carboxylic acids is 3. The lowest BCUT2D eigenvalue weighted by atomic mass is 9.90. The van der Waals surface area contributed by atoms with Crippen molar-refractivity contribution >= 4 is 29.7 Å². The molecule has 45 heavy (non-hydrogen) atoms. The van der Waals surface area contributed by atoms with Gasteiger partial charge in [-0.1, -0.05) is 6.07 Å². The normalized spacial score (nSPS) is 16.6. The van der Waals surface area contributed by atoms with Crippen LogP contribution in [0.3, 0.4) is 0 Å². The van der Waals surface area contributed by atoms with Crippen molar-refractivity contribution in [1.82, 2.24) is 20.3 Å². The molecule has 246 valence electrons. The van der Waals surface area contributed by atoms with Gasteiger partial charge < -0.3 is 29.7 Å². The van der Waals surface area contributed by atoms with Crippen LogP contribution in [0, 0.1) is 13.8 Å². The fourth-order valence-electron chi connectivity index (χ4n) is 5.72. The lowest BCUT2D eigenvalue weighted by Crippen LogP contribution is -2.49. The Kier molecular flexibility index (Phi) is 11.2. The number of alkyl carbamates (subject to hydrolysis) is 1. The maximum absolute atomic E-state index is 13.1. The Morgan fingerprint density at radius 3 is 2.42 bits per heavy atom. The molecular formula is C33H48N6O6. The number of anilines is 2. The molecule has 1 amide bonds. The zero-order valence-electron chi connectivity index (χ0n) is 27.7. The number of aromatic nitrogens is 3. The maximum atomic E-state index is 13.1. The summed E-state index contributed by atoms with van der Waals surface area (Å²) < 4.78 is 15.6. The smallest absolute Gasteiger partial charge is 0.408 e. The van der Waals surface area contributed by atoms with E-state index in [9.17, 15) is 14.4 Å². The Morgan fingerprint density at radius 2 is 1.73 bits per heavy atom. The van der Waals surface area contributed by atoms with E-state index in [4.69, 9.17) is 24.2 Å². The molecule has 12 nitrogen and oxygen atoms in total. The van der Waals surface area contributed by atoms with Crippen molar-refractivity contribution in [2.45, 2.75) is 111 Å². The average molecular weight is 625 g/mol. The third-order valence-corrected chi connectivity index (χ3v) is 8.00. The van der Waals surface area contributed by atoms with Crippen molar-refractivity contribution in [1.29, 1.82) is 0 Å². The summed E-state index contributed by atoms with van der Waals surface area (Å²) in [4.78, 5) is 54.3. The van der Waals surface area contributed by atoms with Crippen LogP contribution in [0.1, 0.15) is 94.6 Å². The van der Waals surface area contributed by atoms with E-state index in [1.807, 2.05) is 13.8 Å². The number of hydrogen-bond donors (Lipinski definition) is 2. The minimum Gasteiger partial charge on any atom is -0.463 e. The number of pyridine rings is 1. The molecule has 12 heteroatoms. The first-order chi connectivity index (χ1) is 21.3. The molecule has 1 fully saturated rings. The first kappa shape index (κ1) is 33.9. The van der Waals surface area contributed by atoms with Crippen molar-refractivity contribution in [2.24, 2.45) is 0 Å². The number of rotatable bonds is 10. The molecule has 0 saturated carbocycles. The highest BCUT2D eigenvalue weighted by Gasteiger charge is 2.30. The van der Waals surface area contributed by atoms with Gasteiger partial charge >= 0.3 is 18.0 Å². The second kappa shape index (κ2) is 14.9. The van der Waals surface area contributed by atoms with E-state index in [-0.39, 0.29) is 13.2 Å². The number of fused-ring (bicyclic) bond motifs is 1. The van der Waals surface area contributed by atoms with Crippen LogP contribution in [0.2, 0.25) is 0 Å². The number of aryl methyl sites for hydroxylation is 3. The predicted octanol–water partition coefficient (Wildman–Crippen LogP) is 4.55. The summed E-state index contributed by atoms with van der Waals surface area (Å²) in [7, 11) is 0. The minimum atomic E-state index is -1.14. The summed E-state index contributed by atoms with van der Waals surface area (Å²) in [6, 6.07) is 3.37. The molecule has 1 aliphatic carbocycles. The van der Waals surface area contributed by atoms with Gasteiger partial charge in [0.25, 0.3) is 0 Å². The summed E-state index contributed by atoms with van der Waals surface area (Å²) >= 11 is 0. The topological polar surface area (TPSA) is 145 Å². The van der Waals surface area contributed by atoms with Gasteiger partial charge in [0, 0.05) is 42.5 Å². The quantitative estimate of drug-likeness (QED) is 0.284. The van der Waals surface area contributed by atoms with E-state index in [1.54, 1.807) is 27.7 Å². The highest BCUT2D eigenvalue weighted by Crippen LogP contribution is 2.33. The molecule has 2 atom stereocenters. The van der Waals surface area contributed by atoms with Gasteiger partial charge in [-0.05, 0) is 98.6 Å². The summed E-state index contributed by atoms with van der Waals surface area (Å²) in [5, 5.41) is 5.74. The third kappa shape index (κ3) is 9.27. The van der Waals surface area contributed by atoms with Gasteiger partial charge in [-0.15, -0.1) is 0 Å². The largest absolute Gasteiger partial charge is 0.463 e. The Labute approximate surface area is 266 Å². The zero-order valence-corrected chi connectivity index (χ0v) is 27.7. The zero-order chi connectivity index (χ0) is 32.7. The monoisotopic (exact) mass is 624 g/mol. The van der Waals surface area contributed by atoms with Gasteiger partial charge in [-0.2, -0.15) is 0 Å². The number of ether oxygens (including phenoxy) is 3. The molecule has 1 saturated heterocycles. The van der Waals surface area contributed by atoms with Crippen LogP contribution in [0.5, 0.6) is 0 Å². The molecule has 0 radical (unpaired) electrons. The molecule has 2 aromatic heterocycles. The lowest BCUT2D eigenvalue weighted by Gasteiger charge is -2.34. The lowest BCUT2D eigenvalue weighted by molar-refractivity contribution is -0.157. The van der Waals surface area contributed by atoms with Crippen molar-refractivity contribution in [3.63, 3.8) is 0 Å². The second-order valence-corrected chi connectivity index (χ2v) is 12.8. The predicted molar refractivity (Wildman–Crippen MR) is 170 cm³/mol. The number of nitrogens with zero attached hydrogens (tertiary/aromatic N) is 4. The molecule has 1 unspecified atom stereocenters. The molecule has 2 N–H and O–H groups in total. The third-order valence-electron chi connectivity index (χ3n) is 8.00. The van der Waals surface area contributed by atoms with Gasteiger partial charge in [0.05, 0.1) is 6.61 Å². The van der Waals surface area contributed by atoms with Gasteiger partial charge in [-0.3, -0.25) is 4.98 Å². The highest BCUT2D eigenvalue weighted by atomic mass is 16.6. The molecule has 2 aliphatic rings.